The number of fused-ring (bicyclic) bond motifs is 6. The van der Waals surface area contributed by atoms with Crippen molar-refractivity contribution in [3.8, 4) is 11.8 Å². The summed E-state index contributed by atoms with van der Waals surface area (Å²) in [4.78, 5) is 84.5. The average Bonchev–Trinajstić information content (AvgIpc) is 1.61. The van der Waals surface area contributed by atoms with Gasteiger partial charge in [0.15, 0.2) is 5.71 Å². The van der Waals surface area contributed by atoms with Crippen LogP contribution in [0.4, 0.5) is 17.2 Å². The second-order valence-electron chi connectivity index (χ2n) is 23.8. The van der Waals surface area contributed by atoms with Gasteiger partial charge in [-0.2, -0.15) is 13.9 Å². The second-order valence-corrected chi connectivity index (χ2v) is 32.9. The lowest BCUT2D eigenvalue weighted by atomic mass is 9.79. The summed E-state index contributed by atoms with van der Waals surface area (Å²) in [7, 11) is -33.3. The molecular weight excluding hydrogens is 1440 g/mol. The third kappa shape index (κ3) is 19.4. The molecular formula is C59H66N7O26P3S4-6. The van der Waals surface area contributed by atoms with E-state index in [0.717, 1.165) is 28.1 Å². The van der Waals surface area contributed by atoms with E-state index in [9.17, 15) is 86.9 Å². The number of likely N-dealkylation sites (N-methyl/N-ethyl adjacent to an activating group) is 1. The number of ether oxygens (including phenoxy) is 1. The number of carbonyl (C=O) groups excluding carboxylic acids is 2. The predicted molar refractivity (Wildman–Crippen MR) is 344 cm³/mol. The number of benzene rings is 4. The molecule has 0 saturated carbocycles. The number of amides is 2. The van der Waals surface area contributed by atoms with Crippen LogP contribution in [0.2, 0.25) is 0 Å². The van der Waals surface area contributed by atoms with Crippen LogP contribution in [-0.2, 0) is 91.7 Å². The molecule has 3 aliphatic rings. The standard InChI is InChI=1S/C59H72N7O26P3S4/c1-6-64-45-25-23-41-43(31-39(97(78,79)80)33-47(41)96-90-89-70)54(45)58(2,3)49(64)18-10-7-11-19-50-59(4,5)55-44-32-40(98(81,82)83)34-48(99(84,85)86)42(44)24-26-46(55)65(50)30-15-9-13-21-51(67)61-28-14-8-12-20-52(68)62-29-16-17-37-35-66(57(69)63-56(37)60)53-27-22-38(88-53)36-87-94(74,75)92-95(76,77)91-93(71,72)73/h7,10-11,18-19,23-26,31-35,38,53H,6,8-9,12-15,20-22,27-30,36H2,1-5H3,(H11-,60,61,62,63,67,68,69,70,71,72,73,74,75,76,77,78,79,80,81,82,83,84,85,86)/p-6. The zero-order valence-corrected chi connectivity index (χ0v) is 59.3. The minimum atomic E-state index is -6.11. The Bertz CT molecular complexity index is 4780. The van der Waals surface area contributed by atoms with Crippen LogP contribution in [0.1, 0.15) is 122 Å². The fourth-order valence-corrected chi connectivity index (χ4v) is 17.5. The van der Waals surface area contributed by atoms with E-state index in [1.807, 2.05) is 62.3 Å². The predicted octanol–water partition coefficient (Wildman–Crippen LogP) is 3.79. The van der Waals surface area contributed by atoms with Crippen molar-refractivity contribution in [3.63, 3.8) is 0 Å². The van der Waals surface area contributed by atoms with Crippen LogP contribution in [0.15, 0.2) is 115 Å². The molecule has 1 aromatic heterocycles. The molecule has 4 heterocycles. The molecule has 0 radical (unpaired) electrons. The minimum absolute atomic E-state index is 0.0695. The Morgan fingerprint density at radius 2 is 1.45 bits per heavy atom. The lowest BCUT2D eigenvalue weighted by molar-refractivity contribution is -0.777. The Morgan fingerprint density at radius 3 is 2.10 bits per heavy atom. The Balaban J connectivity index is 0.853. The number of unbranched alkanes of at least 4 members (excludes halogenated alkanes) is 4. The van der Waals surface area contributed by atoms with Gasteiger partial charge in [-0.05, 0) is 123 Å². The van der Waals surface area contributed by atoms with E-state index in [1.165, 1.54) is 18.3 Å². The molecule has 0 bridgehead atoms. The molecule has 5 N–H and O–H groups in total. The molecule has 99 heavy (non-hydrogen) atoms. The Kier molecular flexibility index (Phi) is 24.9. The quantitative estimate of drug-likeness (QED) is 0.00564. The van der Waals surface area contributed by atoms with Crippen molar-refractivity contribution in [2.24, 2.45) is 0 Å². The van der Waals surface area contributed by atoms with Gasteiger partial charge in [0.1, 0.15) is 48.9 Å². The number of allylic oxidation sites excluding steroid dienone is 6. The first-order valence-corrected chi connectivity index (χ1v) is 39.6. The van der Waals surface area contributed by atoms with Crippen LogP contribution in [0.3, 0.4) is 0 Å². The van der Waals surface area contributed by atoms with Gasteiger partial charge < -0.3 is 69.0 Å². The number of nitrogens with zero attached hydrogens (tertiary/aromatic N) is 4. The first kappa shape index (κ1) is 78.3. The van der Waals surface area contributed by atoms with Crippen LogP contribution in [0, 0.1) is 11.8 Å². The van der Waals surface area contributed by atoms with E-state index in [2.05, 4.69) is 50.0 Å². The summed E-state index contributed by atoms with van der Waals surface area (Å²) in [6, 6.07) is 10.6. The van der Waals surface area contributed by atoms with Gasteiger partial charge in [0.25, 0.3) is 23.5 Å². The number of hydrogen-bond donors (Lipinski definition) is 4. The van der Waals surface area contributed by atoms with Crippen LogP contribution >= 0.6 is 35.5 Å². The second kappa shape index (κ2) is 31.5. The Labute approximate surface area is 572 Å². The van der Waals surface area contributed by atoms with Gasteiger partial charge in [-0.15, -0.1) is 0 Å². The van der Waals surface area contributed by atoms with Crippen molar-refractivity contribution in [1.29, 1.82) is 0 Å². The summed E-state index contributed by atoms with van der Waals surface area (Å²) in [6.45, 7) is 9.70. The molecule has 1 saturated heterocycles. The van der Waals surface area contributed by atoms with Crippen LogP contribution < -0.4 is 46.9 Å². The molecule has 1 fully saturated rings. The summed E-state index contributed by atoms with van der Waals surface area (Å²) >= 11 is 0.460. The molecule has 2 amide bonds. The number of aromatic nitrogens is 2. The van der Waals surface area contributed by atoms with E-state index < -0.39 is 104 Å². The Hall–Kier alpha value is -6.40. The highest BCUT2D eigenvalue weighted by Gasteiger charge is 2.46. The van der Waals surface area contributed by atoms with Gasteiger partial charge >= 0.3 is 5.69 Å². The van der Waals surface area contributed by atoms with Crippen molar-refractivity contribution in [3.05, 3.63) is 118 Å². The zero-order valence-electron chi connectivity index (χ0n) is 53.3. The van der Waals surface area contributed by atoms with E-state index in [1.54, 1.807) is 30.4 Å². The number of hydrogen-bond acceptors (Lipinski definition) is 29. The van der Waals surface area contributed by atoms with Crippen molar-refractivity contribution >= 4 is 122 Å². The van der Waals surface area contributed by atoms with Crippen LogP contribution in [0.5, 0.6) is 0 Å². The van der Waals surface area contributed by atoms with E-state index in [-0.39, 0.29) is 71.1 Å². The number of rotatable bonds is 31. The smallest absolute Gasteiger partial charge is 0.351 e. The summed E-state index contributed by atoms with van der Waals surface area (Å²) < 4.78 is 171. The number of nitrogen functional groups attached to an aromatic ring is 1. The molecule has 8 rings (SSSR count). The highest BCUT2D eigenvalue weighted by atomic mass is 32.2. The summed E-state index contributed by atoms with van der Waals surface area (Å²) in [6.07, 6.45) is 11.9. The van der Waals surface area contributed by atoms with Crippen molar-refractivity contribution in [2.75, 3.05) is 43.4 Å². The van der Waals surface area contributed by atoms with Crippen molar-refractivity contribution in [1.82, 2.24) is 20.2 Å². The molecule has 3 aliphatic heterocycles. The molecule has 0 spiro atoms. The summed E-state index contributed by atoms with van der Waals surface area (Å²) in [5.74, 6) is 4.66. The third-order valence-corrected chi connectivity index (χ3v) is 23.2. The number of anilines is 2. The molecule has 40 heteroatoms. The lowest BCUT2D eigenvalue weighted by Crippen LogP contribution is -2.29. The van der Waals surface area contributed by atoms with Crippen molar-refractivity contribution in [2.45, 2.75) is 142 Å². The minimum Gasteiger partial charge on any atom is -0.756 e. The average molecular weight is 1510 g/mol. The SMILES string of the molecule is CCN1C(=CC=CC=CC2=[N+](CCCCCC(=O)NCCCCCC(=O)NCC#Cc3cn(C4CCC(COP(=O)([O-])OP(=O)([O-])OP(=O)([O-])O)O4)c(=O)nc3N)c3ccc4c(S(=O)(=O)[O-])cc(S(=O)(=O)[O-])cc4c3C2(C)C)C(C)(C)c2c1ccc1c(SOO[O-])cc(S(=O)(=O)[O-])cc21. The molecule has 4 aromatic carbocycles. The first-order chi connectivity index (χ1) is 46.2. The van der Waals surface area contributed by atoms with Gasteiger partial charge in [0, 0.05) is 83.3 Å². The first-order valence-electron chi connectivity index (χ1n) is 30.2. The van der Waals surface area contributed by atoms with Crippen LogP contribution in [-0.4, -0.2) is 114 Å². The number of phosphoric acid groups is 3. The molecule has 5 atom stereocenters. The van der Waals surface area contributed by atoms with Gasteiger partial charge in [-0.25, -0.2) is 38.7 Å². The highest BCUT2D eigenvalue weighted by Crippen LogP contribution is 2.62. The third-order valence-electron chi connectivity index (χ3n) is 16.3. The molecule has 0 aliphatic carbocycles. The van der Waals surface area contributed by atoms with E-state index >= 15 is 0 Å². The summed E-state index contributed by atoms with van der Waals surface area (Å²) in [5.41, 5.74) is 7.23. The van der Waals surface area contributed by atoms with E-state index in [0.29, 0.717) is 110 Å². The fraction of sp³-hybridized carbons (Fsp3) is 0.407. The fourth-order valence-electron chi connectivity index (χ4n) is 12.1. The monoisotopic (exact) mass is 1510 g/mol. The number of nitrogens with two attached hydrogens (primary N) is 1. The van der Waals surface area contributed by atoms with Crippen LogP contribution in [0.25, 0.3) is 21.5 Å². The Morgan fingerprint density at radius 1 is 0.808 bits per heavy atom. The molecule has 5 unspecified atom stereocenters. The maximum Gasteiger partial charge on any atom is 0.351 e. The number of carbonyl (C=O) groups is 2. The maximum absolute atomic E-state index is 13.0. The van der Waals surface area contributed by atoms with Gasteiger partial charge in [-0.1, -0.05) is 56.4 Å². The maximum atomic E-state index is 13.0. The zero-order chi connectivity index (χ0) is 72.8. The topological polar surface area (TPSA) is 516 Å². The van der Waals surface area contributed by atoms with Crippen molar-refractivity contribution < 1.29 is 119 Å². The van der Waals surface area contributed by atoms with E-state index in [4.69, 9.17) is 15.4 Å². The molecule has 33 nitrogen and oxygen atoms in total. The largest absolute Gasteiger partial charge is 0.756 e. The molecule has 5 aromatic rings. The normalized spacial score (nSPS) is 19.1. The van der Waals surface area contributed by atoms with Gasteiger partial charge in [0.2, 0.25) is 17.5 Å². The highest BCUT2D eigenvalue weighted by molar-refractivity contribution is 7.94. The number of nitrogens with one attached hydrogen (secondary N) is 2. The lowest BCUT2D eigenvalue weighted by Gasteiger charge is -2.32. The van der Waals surface area contributed by atoms with Gasteiger partial charge in [0.05, 0.1) is 57.0 Å². The van der Waals surface area contributed by atoms with Gasteiger partial charge in [-0.3, -0.25) is 32.9 Å². The summed E-state index contributed by atoms with van der Waals surface area (Å²) in [5, 5.41) is 20.8. The number of phosphoric ester groups is 1. The molecule has 538 valence electrons.